The zero-order chi connectivity index (χ0) is 16.9. The van der Waals surface area contributed by atoms with E-state index in [0.29, 0.717) is 17.9 Å². The van der Waals surface area contributed by atoms with Crippen molar-refractivity contribution in [2.24, 2.45) is 0 Å². The van der Waals surface area contributed by atoms with Gasteiger partial charge < -0.3 is 13.9 Å². The molecule has 0 saturated heterocycles. The zero-order valence-electron chi connectivity index (χ0n) is 13.5. The van der Waals surface area contributed by atoms with Crippen molar-refractivity contribution in [2.45, 2.75) is 19.8 Å². The molecular formula is C19H18N2O3. The quantitative estimate of drug-likeness (QED) is 0.509. The van der Waals surface area contributed by atoms with E-state index in [1.165, 1.54) is 0 Å². The summed E-state index contributed by atoms with van der Waals surface area (Å²) >= 11 is 0. The van der Waals surface area contributed by atoms with Gasteiger partial charge in [-0.15, -0.1) is 0 Å². The first-order valence-corrected chi connectivity index (χ1v) is 7.96. The summed E-state index contributed by atoms with van der Waals surface area (Å²) in [7, 11) is 0. The van der Waals surface area contributed by atoms with Crippen LogP contribution < -0.4 is 4.74 Å². The normalized spacial score (nSPS) is 10.7. The molecule has 122 valence electrons. The average molecular weight is 322 g/mol. The molecule has 0 aliphatic heterocycles. The minimum Gasteiger partial charge on any atom is -0.479 e. The molecule has 2 aromatic heterocycles. The topological polar surface area (TPSA) is 63.7 Å². The predicted molar refractivity (Wildman–Crippen MR) is 91.2 cm³/mol. The number of unbranched alkanes of at least 4 members (excludes halogenated alkanes) is 1. The molecule has 0 spiro atoms. The van der Waals surface area contributed by atoms with Gasteiger partial charge in [-0.1, -0.05) is 19.4 Å². The Bertz CT molecular complexity index is 921. The van der Waals surface area contributed by atoms with Crippen molar-refractivity contribution < 1.29 is 14.3 Å². The molecule has 0 aliphatic carbocycles. The van der Waals surface area contributed by atoms with Gasteiger partial charge in [0, 0.05) is 17.6 Å². The average Bonchev–Trinajstić information content (AvgIpc) is 2.94. The molecule has 0 saturated carbocycles. The number of pyridine rings is 1. The second-order valence-electron chi connectivity index (χ2n) is 5.45. The molecule has 0 N–H and O–H groups in total. The Hall–Kier alpha value is -3.00. The third-order valence-electron chi connectivity index (χ3n) is 3.85. The van der Waals surface area contributed by atoms with Crippen molar-refractivity contribution in [3.05, 3.63) is 48.2 Å². The number of ether oxygens (including phenoxy) is 2. The van der Waals surface area contributed by atoms with Crippen LogP contribution in [0.1, 0.15) is 30.1 Å². The van der Waals surface area contributed by atoms with Crippen molar-refractivity contribution in [1.29, 1.82) is 5.26 Å². The number of hydrogen-bond donors (Lipinski definition) is 0. The summed E-state index contributed by atoms with van der Waals surface area (Å²) in [6, 6.07) is 13.1. The van der Waals surface area contributed by atoms with E-state index in [1.807, 2.05) is 47.0 Å². The second-order valence-corrected chi connectivity index (χ2v) is 5.45. The van der Waals surface area contributed by atoms with Crippen molar-refractivity contribution in [3.8, 4) is 11.8 Å². The highest BCUT2D eigenvalue weighted by Gasteiger charge is 2.19. The van der Waals surface area contributed by atoms with Gasteiger partial charge in [0.2, 0.25) is 0 Å². The number of benzene rings is 1. The van der Waals surface area contributed by atoms with Crippen LogP contribution in [0.4, 0.5) is 0 Å². The molecule has 0 amide bonds. The zero-order valence-corrected chi connectivity index (χ0v) is 13.5. The number of rotatable bonds is 6. The van der Waals surface area contributed by atoms with E-state index >= 15 is 0 Å². The number of fused-ring (bicyclic) bond motifs is 3. The Kier molecular flexibility index (Phi) is 4.66. The molecule has 0 aliphatic rings. The maximum Gasteiger partial charge on any atom is 0.340 e. The first-order valence-electron chi connectivity index (χ1n) is 7.96. The Morgan fingerprint density at radius 2 is 2.12 bits per heavy atom. The van der Waals surface area contributed by atoms with Gasteiger partial charge in [-0.2, -0.15) is 5.26 Å². The van der Waals surface area contributed by atoms with E-state index in [2.05, 4.69) is 6.92 Å². The van der Waals surface area contributed by atoms with E-state index in [9.17, 15) is 4.79 Å². The highest BCUT2D eigenvalue weighted by molar-refractivity contribution is 6.11. The summed E-state index contributed by atoms with van der Waals surface area (Å²) in [5, 5.41) is 9.46. The van der Waals surface area contributed by atoms with Crippen LogP contribution in [0.5, 0.6) is 5.75 Å². The predicted octanol–water partition coefficient (Wildman–Crippen LogP) is 3.95. The molecule has 2 heterocycles. The first-order chi connectivity index (χ1) is 11.8. The van der Waals surface area contributed by atoms with E-state index in [0.717, 1.165) is 29.3 Å². The van der Waals surface area contributed by atoms with Crippen molar-refractivity contribution in [2.75, 3.05) is 13.2 Å². The number of esters is 1. The minimum atomic E-state index is -0.312. The monoisotopic (exact) mass is 322 g/mol. The summed E-state index contributed by atoms with van der Waals surface area (Å²) in [5.41, 5.74) is 2.21. The van der Waals surface area contributed by atoms with Crippen LogP contribution in [0.25, 0.3) is 16.4 Å². The molecule has 0 bridgehead atoms. The fourth-order valence-corrected chi connectivity index (χ4v) is 2.72. The van der Waals surface area contributed by atoms with Crippen LogP contribution in [-0.2, 0) is 4.74 Å². The van der Waals surface area contributed by atoms with Crippen LogP contribution in [0, 0.1) is 11.3 Å². The second kappa shape index (κ2) is 7.05. The Labute approximate surface area is 140 Å². The Morgan fingerprint density at radius 3 is 2.92 bits per heavy atom. The van der Waals surface area contributed by atoms with Gasteiger partial charge in [-0.05, 0) is 30.7 Å². The molecule has 3 aromatic rings. The van der Waals surface area contributed by atoms with Gasteiger partial charge in [-0.25, -0.2) is 4.79 Å². The van der Waals surface area contributed by atoms with Crippen LogP contribution in [-0.4, -0.2) is 23.6 Å². The maximum absolute atomic E-state index is 12.6. The molecule has 0 atom stereocenters. The molecule has 5 nitrogen and oxygen atoms in total. The number of nitriles is 1. The summed E-state index contributed by atoms with van der Waals surface area (Å²) < 4.78 is 12.7. The third-order valence-corrected chi connectivity index (χ3v) is 3.85. The highest BCUT2D eigenvalue weighted by atomic mass is 16.5. The van der Waals surface area contributed by atoms with Gasteiger partial charge in [0.1, 0.15) is 11.8 Å². The van der Waals surface area contributed by atoms with Gasteiger partial charge in [-0.3, -0.25) is 0 Å². The standard InChI is InChI=1S/C19H18N2O3/c1-2-3-11-24-19(22)18-15-8-7-14(23-12-9-20)13-17(15)21-10-5-4-6-16(18)21/h4-8,10,13H,2-3,11-12H2,1H3. The minimum absolute atomic E-state index is 0.0132. The largest absolute Gasteiger partial charge is 0.479 e. The van der Waals surface area contributed by atoms with Gasteiger partial charge in [0.15, 0.2) is 6.61 Å². The van der Waals surface area contributed by atoms with Crippen LogP contribution >= 0.6 is 0 Å². The number of hydrogen-bond acceptors (Lipinski definition) is 4. The molecule has 1 aromatic carbocycles. The lowest BCUT2D eigenvalue weighted by molar-refractivity contribution is 0.0504. The third kappa shape index (κ3) is 2.91. The number of carbonyl (C=O) groups excluding carboxylic acids is 1. The van der Waals surface area contributed by atoms with E-state index in [-0.39, 0.29) is 12.6 Å². The summed E-state index contributed by atoms with van der Waals surface area (Å²) in [6.07, 6.45) is 3.72. The first kappa shape index (κ1) is 15.9. The molecular weight excluding hydrogens is 304 g/mol. The maximum atomic E-state index is 12.6. The fourth-order valence-electron chi connectivity index (χ4n) is 2.72. The van der Waals surface area contributed by atoms with Gasteiger partial charge >= 0.3 is 5.97 Å². The highest BCUT2D eigenvalue weighted by Crippen LogP contribution is 2.30. The number of nitrogens with zero attached hydrogens (tertiary/aromatic N) is 2. The molecule has 3 rings (SSSR count). The summed E-state index contributed by atoms with van der Waals surface area (Å²) in [4.78, 5) is 12.6. The fraction of sp³-hybridized carbons (Fsp3) is 0.263. The lowest BCUT2D eigenvalue weighted by Crippen LogP contribution is -2.06. The van der Waals surface area contributed by atoms with Crippen LogP contribution in [0.15, 0.2) is 42.6 Å². The van der Waals surface area contributed by atoms with Crippen LogP contribution in [0.2, 0.25) is 0 Å². The molecule has 0 fully saturated rings. The summed E-state index contributed by atoms with van der Waals surface area (Å²) in [5.74, 6) is 0.283. The van der Waals surface area contributed by atoms with E-state index in [4.69, 9.17) is 14.7 Å². The van der Waals surface area contributed by atoms with Crippen molar-refractivity contribution in [3.63, 3.8) is 0 Å². The van der Waals surface area contributed by atoms with Gasteiger partial charge in [0.05, 0.1) is 23.2 Å². The summed E-state index contributed by atoms with van der Waals surface area (Å²) in [6.45, 7) is 2.46. The number of carbonyl (C=O) groups is 1. The smallest absolute Gasteiger partial charge is 0.340 e. The lowest BCUT2D eigenvalue weighted by atomic mass is 10.1. The Balaban J connectivity index is 2.09. The van der Waals surface area contributed by atoms with E-state index in [1.54, 1.807) is 6.07 Å². The van der Waals surface area contributed by atoms with E-state index < -0.39 is 0 Å². The van der Waals surface area contributed by atoms with Crippen molar-refractivity contribution in [1.82, 2.24) is 4.40 Å². The molecule has 5 heteroatoms. The molecule has 24 heavy (non-hydrogen) atoms. The SMILES string of the molecule is CCCCOC(=O)c1c2ccc(OCC#N)cc2n2ccccc12. The lowest BCUT2D eigenvalue weighted by Gasteiger charge is -2.04. The molecule has 0 unspecified atom stereocenters. The van der Waals surface area contributed by atoms with Crippen LogP contribution in [0.3, 0.4) is 0 Å². The van der Waals surface area contributed by atoms with Crippen molar-refractivity contribution >= 4 is 22.4 Å². The Morgan fingerprint density at radius 1 is 1.25 bits per heavy atom. The number of aromatic nitrogens is 1. The molecule has 0 radical (unpaired) electrons. The van der Waals surface area contributed by atoms with Gasteiger partial charge in [0.25, 0.3) is 0 Å².